The number of nitrogens with zero attached hydrogens (tertiary/aromatic N) is 2. The van der Waals surface area contributed by atoms with Crippen LogP contribution >= 0.6 is 0 Å². The first-order chi connectivity index (χ1) is 30.3. The van der Waals surface area contributed by atoms with E-state index in [9.17, 15) is 0 Å². The molecule has 0 radical (unpaired) electrons. The topological polar surface area (TPSA) is 6.48 Å². The first-order valence-electron chi connectivity index (χ1n) is 21.1. The molecular formula is C59H40N2. The van der Waals surface area contributed by atoms with Gasteiger partial charge in [-0.1, -0.05) is 176 Å². The number of fused-ring (bicyclic) bond motifs is 12. The van der Waals surface area contributed by atoms with Crippen molar-refractivity contribution in [3.05, 3.63) is 265 Å². The van der Waals surface area contributed by atoms with E-state index in [1.807, 2.05) is 0 Å². The van der Waals surface area contributed by atoms with Gasteiger partial charge in [-0.3, -0.25) is 0 Å². The zero-order chi connectivity index (χ0) is 40.3. The molecule has 0 aromatic heterocycles. The van der Waals surface area contributed by atoms with Gasteiger partial charge in [0.15, 0.2) is 0 Å². The zero-order valence-corrected chi connectivity index (χ0v) is 33.5. The molecule has 286 valence electrons. The minimum atomic E-state index is -0.600. The third kappa shape index (κ3) is 5.36. The molecule has 10 aromatic carbocycles. The van der Waals surface area contributed by atoms with Crippen LogP contribution in [-0.4, -0.2) is 0 Å². The molecule has 2 aliphatic rings. The van der Waals surface area contributed by atoms with Crippen LogP contribution in [-0.2, 0) is 5.41 Å². The quantitative estimate of drug-likeness (QED) is 0.159. The second-order valence-corrected chi connectivity index (χ2v) is 16.0. The average Bonchev–Trinajstić information content (AvgIpc) is 3.81. The Kier molecular flexibility index (Phi) is 8.11. The second kappa shape index (κ2) is 14.1. The van der Waals surface area contributed by atoms with Crippen LogP contribution in [0.2, 0.25) is 0 Å². The molecule has 12 rings (SSSR count). The smallest absolute Gasteiger partial charge is 0.0746 e. The minimum absolute atomic E-state index is 0.600. The van der Waals surface area contributed by atoms with Gasteiger partial charge in [0.05, 0.1) is 11.1 Å². The highest BCUT2D eigenvalue weighted by molar-refractivity contribution is 6.10. The molecule has 61 heavy (non-hydrogen) atoms. The number of anilines is 6. The Morgan fingerprint density at radius 1 is 0.295 bits per heavy atom. The van der Waals surface area contributed by atoms with Crippen LogP contribution in [0.3, 0.4) is 0 Å². The van der Waals surface area contributed by atoms with Crippen LogP contribution in [0.15, 0.2) is 243 Å². The Bertz CT molecular complexity index is 3190. The van der Waals surface area contributed by atoms with E-state index in [-0.39, 0.29) is 0 Å². The molecule has 2 aliphatic carbocycles. The van der Waals surface area contributed by atoms with E-state index in [0.717, 1.165) is 28.4 Å². The van der Waals surface area contributed by atoms with Crippen LogP contribution in [0.1, 0.15) is 22.3 Å². The second-order valence-electron chi connectivity index (χ2n) is 16.0. The van der Waals surface area contributed by atoms with Crippen molar-refractivity contribution in [3.63, 3.8) is 0 Å². The molecule has 10 aromatic rings. The van der Waals surface area contributed by atoms with Gasteiger partial charge in [-0.05, 0) is 128 Å². The van der Waals surface area contributed by atoms with Gasteiger partial charge in [0.25, 0.3) is 0 Å². The highest BCUT2D eigenvalue weighted by atomic mass is 15.2. The Balaban J connectivity index is 1.17. The minimum Gasteiger partial charge on any atom is -0.310 e. The third-order valence-electron chi connectivity index (χ3n) is 12.8. The summed E-state index contributed by atoms with van der Waals surface area (Å²) in [4.78, 5) is 4.87. The summed E-state index contributed by atoms with van der Waals surface area (Å²) >= 11 is 0. The lowest BCUT2D eigenvalue weighted by Gasteiger charge is -2.36. The molecule has 0 heterocycles. The Hall–Kier alpha value is -7.94. The summed E-state index contributed by atoms with van der Waals surface area (Å²) in [6.07, 6.45) is 0. The SMILES string of the molecule is c1ccc(-c2ccc(N(c3ccccc3)c3cc4ccccc4c4c3C3(c5ccccc5-c5cc(N(c6ccccc6)c6ccccc6)ccc53)c3ccccc3-4)cc2)cc1. The molecule has 0 saturated carbocycles. The highest BCUT2D eigenvalue weighted by Crippen LogP contribution is 2.67. The Morgan fingerprint density at radius 2 is 0.754 bits per heavy atom. The lowest BCUT2D eigenvalue weighted by molar-refractivity contribution is 0.793. The number of rotatable bonds is 7. The first-order valence-corrected chi connectivity index (χ1v) is 21.1. The summed E-state index contributed by atoms with van der Waals surface area (Å²) in [5, 5.41) is 2.48. The predicted octanol–water partition coefficient (Wildman–Crippen LogP) is 15.8. The number of benzene rings is 10. The summed E-state index contributed by atoms with van der Waals surface area (Å²) in [5.74, 6) is 0. The van der Waals surface area contributed by atoms with Crippen molar-refractivity contribution in [2.45, 2.75) is 5.41 Å². The number of hydrogen-bond donors (Lipinski definition) is 0. The molecule has 2 nitrogen and oxygen atoms in total. The summed E-state index contributed by atoms with van der Waals surface area (Å²) in [6.45, 7) is 0. The van der Waals surface area contributed by atoms with E-state index in [2.05, 4.69) is 252 Å². The normalized spacial score (nSPS) is 14.3. The van der Waals surface area contributed by atoms with Crippen LogP contribution in [0.4, 0.5) is 34.1 Å². The van der Waals surface area contributed by atoms with Gasteiger partial charge in [0.2, 0.25) is 0 Å². The van der Waals surface area contributed by atoms with Gasteiger partial charge >= 0.3 is 0 Å². The predicted molar refractivity (Wildman–Crippen MR) is 255 cm³/mol. The van der Waals surface area contributed by atoms with E-state index < -0.39 is 5.41 Å². The molecule has 0 N–H and O–H groups in total. The fourth-order valence-corrected chi connectivity index (χ4v) is 10.3. The van der Waals surface area contributed by atoms with Crippen LogP contribution in [0, 0.1) is 0 Å². The van der Waals surface area contributed by atoms with E-state index in [0.29, 0.717) is 0 Å². The lowest BCUT2D eigenvalue weighted by atomic mass is 9.69. The Labute approximate surface area is 356 Å². The van der Waals surface area contributed by atoms with Crippen molar-refractivity contribution < 1.29 is 0 Å². The average molecular weight is 777 g/mol. The van der Waals surface area contributed by atoms with Crippen molar-refractivity contribution in [3.8, 4) is 33.4 Å². The van der Waals surface area contributed by atoms with E-state index in [4.69, 9.17) is 0 Å². The number of hydrogen-bond acceptors (Lipinski definition) is 2. The zero-order valence-electron chi connectivity index (χ0n) is 33.5. The van der Waals surface area contributed by atoms with Gasteiger partial charge in [-0.2, -0.15) is 0 Å². The molecule has 1 unspecified atom stereocenters. The maximum atomic E-state index is 2.50. The monoisotopic (exact) mass is 776 g/mol. The van der Waals surface area contributed by atoms with Crippen LogP contribution < -0.4 is 9.80 Å². The molecule has 0 amide bonds. The summed E-state index contributed by atoms with van der Waals surface area (Å²) < 4.78 is 0. The standard InChI is InChI=1S/C59H40N2/c1-5-19-41(20-6-1)42-33-35-47(36-34-42)61(46-26-11-4-12-27-46)56-39-43-21-13-14-28-49(43)57-51-30-16-18-32-54(51)59(58(56)57)53-31-17-15-29-50(53)52-40-48(37-38-55(52)59)60(44-22-7-2-8-23-44)45-24-9-3-10-25-45/h1-40H. The molecule has 2 heteroatoms. The van der Waals surface area contributed by atoms with E-state index >= 15 is 0 Å². The fraction of sp³-hybridized carbons (Fsp3) is 0.0169. The number of para-hydroxylation sites is 3. The lowest BCUT2D eigenvalue weighted by Crippen LogP contribution is -2.28. The van der Waals surface area contributed by atoms with Crippen molar-refractivity contribution in [1.29, 1.82) is 0 Å². The van der Waals surface area contributed by atoms with Crippen molar-refractivity contribution in [2.24, 2.45) is 0 Å². The summed E-state index contributed by atoms with van der Waals surface area (Å²) in [6, 6.07) is 89.0. The molecular weight excluding hydrogens is 737 g/mol. The Morgan fingerprint density at radius 3 is 1.41 bits per heavy atom. The third-order valence-corrected chi connectivity index (χ3v) is 12.8. The van der Waals surface area contributed by atoms with E-state index in [1.165, 1.54) is 72.1 Å². The van der Waals surface area contributed by atoms with Crippen molar-refractivity contribution in [2.75, 3.05) is 9.80 Å². The first kappa shape index (κ1) is 35.0. The summed E-state index contributed by atoms with van der Waals surface area (Å²) in [7, 11) is 0. The van der Waals surface area contributed by atoms with Crippen LogP contribution in [0.25, 0.3) is 44.2 Å². The van der Waals surface area contributed by atoms with Gasteiger partial charge in [0.1, 0.15) is 0 Å². The molecule has 1 atom stereocenters. The molecule has 0 bridgehead atoms. The van der Waals surface area contributed by atoms with Gasteiger partial charge in [0, 0.05) is 34.0 Å². The molecule has 0 fully saturated rings. The van der Waals surface area contributed by atoms with Gasteiger partial charge in [-0.15, -0.1) is 0 Å². The van der Waals surface area contributed by atoms with Gasteiger partial charge in [-0.25, -0.2) is 0 Å². The summed E-state index contributed by atoms with van der Waals surface area (Å²) in [5.41, 5.74) is 18.9. The molecule has 0 aliphatic heterocycles. The van der Waals surface area contributed by atoms with Crippen molar-refractivity contribution >= 4 is 44.9 Å². The molecule has 0 saturated heterocycles. The van der Waals surface area contributed by atoms with Crippen LogP contribution in [0.5, 0.6) is 0 Å². The largest absolute Gasteiger partial charge is 0.310 e. The maximum Gasteiger partial charge on any atom is 0.0746 e. The van der Waals surface area contributed by atoms with Gasteiger partial charge < -0.3 is 9.80 Å². The molecule has 1 spiro atoms. The fourth-order valence-electron chi connectivity index (χ4n) is 10.3. The van der Waals surface area contributed by atoms with E-state index in [1.54, 1.807) is 0 Å². The van der Waals surface area contributed by atoms with Crippen molar-refractivity contribution in [1.82, 2.24) is 0 Å². The highest BCUT2D eigenvalue weighted by Gasteiger charge is 2.54. The maximum absolute atomic E-state index is 2.50.